The molecule has 25 heavy (non-hydrogen) atoms. The van der Waals surface area contributed by atoms with Crippen LogP contribution in [0.25, 0.3) is 0 Å². The molecule has 1 aromatic heterocycles. The Labute approximate surface area is 151 Å². The molecule has 1 aliphatic heterocycles. The number of nitrogens with zero attached hydrogens (tertiary/aromatic N) is 2. The van der Waals surface area contributed by atoms with Gasteiger partial charge in [-0.15, -0.1) is 0 Å². The Morgan fingerprint density at radius 1 is 1.20 bits per heavy atom. The molecular weight excluding hydrogens is 314 g/mol. The summed E-state index contributed by atoms with van der Waals surface area (Å²) in [6.07, 6.45) is 10.5. The number of nitrogens with one attached hydrogen (secondary N) is 1. The number of aromatic nitrogens is 1. The molecule has 1 aliphatic carbocycles. The van der Waals surface area contributed by atoms with Gasteiger partial charge in [0, 0.05) is 25.8 Å². The van der Waals surface area contributed by atoms with E-state index < -0.39 is 0 Å². The van der Waals surface area contributed by atoms with E-state index in [0.29, 0.717) is 6.54 Å². The number of carbonyl (C=O) groups is 1. The van der Waals surface area contributed by atoms with Gasteiger partial charge in [-0.1, -0.05) is 32.3 Å². The van der Waals surface area contributed by atoms with Crippen molar-refractivity contribution in [2.24, 2.45) is 5.92 Å². The van der Waals surface area contributed by atoms with Gasteiger partial charge in [-0.25, -0.2) is 4.98 Å². The number of rotatable bonds is 6. The van der Waals surface area contributed by atoms with Crippen molar-refractivity contribution in [2.75, 3.05) is 24.6 Å². The van der Waals surface area contributed by atoms with Crippen molar-refractivity contribution < 1.29 is 9.53 Å². The Morgan fingerprint density at radius 2 is 1.96 bits per heavy atom. The molecule has 1 saturated carbocycles. The number of pyridine rings is 1. The molecule has 2 heterocycles. The van der Waals surface area contributed by atoms with Crippen molar-refractivity contribution in [3.63, 3.8) is 0 Å². The molecule has 1 amide bonds. The maximum atomic E-state index is 11.9. The van der Waals surface area contributed by atoms with Crippen LogP contribution in [-0.4, -0.2) is 36.7 Å². The van der Waals surface area contributed by atoms with E-state index in [2.05, 4.69) is 34.3 Å². The monoisotopic (exact) mass is 345 g/mol. The quantitative estimate of drug-likeness (QED) is 0.860. The molecule has 1 saturated heterocycles. The summed E-state index contributed by atoms with van der Waals surface area (Å²) >= 11 is 0. The zero-order chi connectivity index (χ0) is 17.5. The molecule has 0 bridgehead atoms. The lowest BCUT2D eigenvalue weighted by atomic mass is 9.98. The molecule has 0 aromatic carbocycles. The van der Waals surface area contributed by atoms with Gasteiger partial charge in [-0.2, -0.15) is 0 Å². The molecule has 1 N–H and O–H groups in total. The molecule has 3 rings (SSSR count). The van der Waals surface area contributed by atoms with Crippen LogP contribution in [0.4, 0.5) is 5.82 Å². The first-order chi connectivity index (χ1) is 12.2. The van der Waals surface area contributed by atoms with Crippen LogP contribution in [0.5, 0.6) is 0 Å². The average molecular weight is 345 g/mol. The standard InChI is InChI=1S/C20H31N3O2/c1-16-9-11-23(12-10-16)19-8-7-17(13-21-19)14-22-20(24)15-25-18-5-3-2-4-6-18/h7-8,13,16,18H,2-6,9-12,14-15H2,1H3,(H,22,24). The van der Waals surface area contributed by atoms with E-state index in [1.165, 1.54) is 32.1 Å². The van der Waals surface area contributed by atoms with Crippen LogP contribution in [0.3, 0.4) is 0 Å². The number of hydrogen-bond acceptors (Lipinski definition) is 4. The average Bonchev–Trinajstić information content (AvgIpc) is 2.67. The van der Waals surface area contributed by atoms with E-state index in [4.69, 9.17) is 4.74 Å². The minimum atomic E-state index is -0.0420. The molecule has 0 spiro atoms. The van der Waals surface area contributed by atoms with Crippen molar-refractivity contribution in [1.29, 1.82) is 0 Å². The zero-order valence-corrected chi connectivity index (χ0v) is 15.4. The molecule has 5 nitrogen and oxygen atoms in total. The Bertz CT molecular complexity index is 532. The highest BCUT2D eigenvalue weighted by Gasteiger charge is 2.17. The van der Waals surface area contributed by atoms with Crippen molar-refractivity contribution in [3.8, 4) is 0 Å². The second-order valence-electron chi connectivity index (χ2n) is 7.54. The maximum Gasteiger partial charge on any atom is 0.246 e. The Kier molecular flexibility index (Phi) is 6.68. The Hall–Kier alpha value is -1.62. The number of ether oxygens (including phenoxy) is 1. The highest BCUT2D eigenvalue weighted by atomic mass is 16.5. The molecule has 0 radical (unpaired) electrons. The smallest absolute Gasteiger partial charge is 0.246 e. The number of piperidine rings is 1. The van der Waals surface area contributed by atoms with Gasteiger partial charge >= 0.3 is 0 Å². The predicted octanol–water partition coefficient (Wildman–Crippen LogP) is 3.28. The van der Waals surface area contributed by atoms with Gasteiger partial charge in [0.2, 0.25) is 5.91 Å². The summed E-state index contributed by atoms with van der Waals surface area (Å²) in [5.41, 5.74) is 1.03. The van der Waals surface area contributed by atoms with E-state index in [9.17, 15) is 4.79 Å². The van der Waals surface area contributed by atoms with Gasteiger partial charge in [0.25, 0.3) is 0 Å². The fourth-order valence-corrected chi connectivity index (χ4v) is 3.62. The molecule has 138 valence electrons. The lowest BCUT2D eigenvalue weighted by Gasteiger charge is -2.31. The van der Waals surface area contributed by atoms with Crippen LogP contribution in [0.1, 0.15) is 57.4 Å². The second kappa shape index (κ2) is 9.18. The van der Waals surface area contributed by atoms with E-state index in [1.807, 2.05) is 6.20 Å². The number of anilines is 1. The summed E-state index contributed by atoms with van der Waals surface area (Å²) in [5, 5.41) is 2.93. The fraction of sp³-hybridized carbons (Fsp3) is 0.700. The minimum absolute atomic E-state index is 0.0420. The Morgan fingerprint density at radius 3 is 2.64 bits per heavy atom. The largest absolute Gasteiger partial charge is 0.368 e. The number of carbonyl (C=O) groups excluding carboxylic acids is 1. The van der Waals surface area contributed by atoms with Crippen LogP contribution < -0.4 is 10.2 Å². The highest BCUT2D eigenvalue weighted by Crippen LogP contribution is 2.21. The number of hydrogen-bond donors (Lipinski definition) is 1. The van der Waals surface area contributed by atoms with Gasteiger partial charge in [-0.05, 0) is 43.2 Å². The first kappa shape index (κ1) is 18.2. The van der Waals surface area contributed by atoms with Gasteiger partial charge in [0.05, 0.1) is 6.10 Å². The van der Waals surface area contributed by atoms with Crippen LogP contribution in [0.15, 0.2) is 18.3 Å². The molecule has 2 aliphatic rings. The third-order valence-corrected chi connectivity index (χ3v) is 5.41. The fourth-order valence-electron chi connectivity index (χ4n) is 3.62. The lowest BCUT2D eigenvalue weighted by Crippen LogP contribution is -2.33. The molecule has 0 atom stereocenters. The van der Waals surface area contributed by atoms with E-state index in [1.54, 1.807) is 0 Å². The SMILES string of the molecule is CC1CCN(c2ccc(CNC(=O)COC3CCCCC3)cn2)CC1. The van der Waals surface area contributed by atoms with Gasteiger partial charge in [0.15, 0.2) is 0 Å². The summed E-state index contributed by atoms with van der Waals surface area (Å²) in [6.45, 7) is 5.17. The maximum absolute atomic E-state index is 11.9. The molecule has 0 unspecified atom stereocenters. The van der Waals surface area contributed by atoms with E-state index in [-0.39, 0.29) is 18.6 Å². The third-order valence-electron chi connectivity index (χ3n) is 5.41. The first-order valence-corrected chi connectivity index (χ1v) is 9.79. The third kappa shape index (κ3) is 5.70. The number of amides is 1. The first-order valence-electron chi connectivity index (χ1n) is 9.79. The predicted molar refractivity (Wildman–Crippen MR) is 99.5 cm³/mol. The minimum Gasteiger partial charge on any atom is -0.368 e. The van der Waals surface area contributed by atoms with Gasteiger partial charge in [0.1, 0.15) is 12.4 Å². The van der Waals surface area contributed by atoms with Gasteiger partial charge in [-0.3, -0.25) is 4.79 Å². The lowest BCUT2D eigenvalue weighted by molar-refractivity contribution is -0.128. The van der Waals surface area contributed by atoms with Crippen LogP contribution in [0.2, 0.25) is 0 Å². The summed E-state index contributed by atoms with van der Waals surface area (Å²) in [6, 6.07) is 4.12. The van der Waals surface area contributed by atoms with Gasteiger partial charge < -0.3 is 15.0 Å². The molecular formula is C20H31N3O2. The van der Waals surface area contributed by atoms with Crippen LogP contribution in [-0.2, 0) is 16.1 Å². The molecule has 2 fully saturated rings. The van der Waals surface area contributed by atoms with Crippen molar-refractivity contribution in [1.82, 2.24) is 10.3 Å². The van der Waals surface area contributed by atoms with Crippen LogP contribution >= 0.6 is 0 Å². The zero-order valence-electron chi connectivity index (χ0n) is 15.4. The van der Waals surface area contributed by atoms with Crippen LogP contribution in [0, 0.1) is 5.92 Å². The molecule has 5 heteroatoms. The highest BCUT2D eigenvalue weighted by molar-refractivity contribution is 5.77. The Balaban J connectivity index is 1.38. The van der Waals surface area contributed by atoms with E-state index in [0.717, 1.165) is 43.2 Å². The summed E-state index contributed by atoms with van der Waals surface area (Å²) < 4.78 is 5.71. The summed E-state index contributed by atoms with van der Waals surface area (Å²) in [5.74, 6) is 1.82. The van der Waals surface area contributed by atoms with Crippen molar-refractivity contribution >= 4 is 11.7 Å². The second-order valence-corrected chi connectivity index (χ2v) is 7.54. The summed E-state index contributed by atoms with van der Waals surface area (Å²) in [7, 11) is 0. The van der Waals surface area contributed by atoms with Crippen molar-refractivity contribution in [2.45, 2.75) is 64.5 Å². The summed E-state index contributed by atoms with van der Waals surface area (Å²) in [4.78, 5) is 18.9. The van der Waals surface area contributed by atoms with Crippen molar-refractivity contribution in [3.05, 3.63) is 23.9 Å². The molecule has 1 aromatic rings. The topological polar surface area (TPSA) is 54.5 Å². The normalized spacial score (nSPS) is 19.8. The van der Waals surface area contributed by atoms with E-state index >= 15 is 0 Å².